The average Bonchev–Trinajstić information content (AvgIpc) is 2.74. The van der Waals surface area contributed by atoms with Crippen LogP contribution in [0.1, 0.15) is 38.7 Å². The van der Waals surface area contributed by atoms with E-state index in [9.17, 15) is 13.2 Å². The largest absolute Gasteiger partial charge is 0.494 e. The summed E-state index contributed by atoms with van der Waals surface area (Å²) in [6.07, 6.45) is 1.78. The van der Waals surface area contributed by atoms with Gasteiger partial charge < -0.3 is 14.8 Å². The van der Waals surface area contributed by atoms with Gasteiger partial charge in [0.25, 0.3) is 10.1 Å². The molecule has 2 rings (SSSR count). The molecule has 0 aromatic heterocycles. The monoisotopic (exact) mass is 449 g/mol. The Morgan fingerprint density at radius 3 is 2.32 bits per heavy atom. The number of carbonyl (C=O) groups excluding carboxylic acids is 1. The molecule has 2 aromatic rings. The number of benzene rings is 2. The van der Waals surface area contributed by atoms with Crippen LogP contribution in [-0.2, 0) is 23.8 Å². The lowest BCUT2D eigenvalue weighted by atomic mass is 10.2. The van der Waals surface area contributed by atoms with Crippen LogP contribution in [0.4, 0.5) is 5.69 Å². The molecule has 0 radical (unpaired) electrons. The molecule has 0 heterocycles. The first-order valence-electron chi connectivity index (χ1n) is 10.4. The van der Waals surface area contributed by atoms with E-state index in [-0.39, 0.29) is 23.5 Å². The summed E-state index contributed by atoms with van der Waals surface area (Å²) in [4.78, 5) is 12.1. The number of ether oxygens (including phenoxy) is 2. The van der Waals surface area contributed by atoms with Crippen molar-refractivity contribution in [2.24, 2.45) is 0 Å². The summed E-state index contributed by atoms with van der Waals surface area (Å²) in [7, 11) is -3.76. The maximum Gasteiger partial charge on any atom is 0.296 e. The van der Waals surface area contributed by atoms with Gasteiger partial charge in [0.1, 0.15) is 5.75 Å². The molecule has 1 atom stereocenters. The van der Waals surface area contributed by atoms with Crippen LogP contribution in [0.25, 0.3) is 0 Å². The molecular weight excluding hydrogens is 418 g/mol. The third-order valence-electron chi connectivity index (χ3n) is 4.55. The summed E-state index contributed by atoms with van der Waals surface area (Å²) in [5.74, 6) is 0.517. The number of rotatable bonds is 13. The molecule has 7 nitrogen and oxygen atoms in total. The Hall–Kier alpha value is -2.42. The molecule has 0 saturated heterocycles. The molecule has 0 aliphatic carbocycles. The number of carbonyl (C=O) groups is 1. The van der Waals surface area contributed by atoms with Crippen molar-refractivity contribution < 1.29 is 26.9 Å². The van der Waals surface area contributed by atoms with Gasteiger partial charge in [-0.2, -0.15) is 8.42 Å². The Morgan fingerprint density at radius 2 is 1.68 bits per heavy atom. The molecule has 1 amide bonds. The molecule has 0 fully saturated rings. The Labute approximate surface area is 184 Å². The van der Waals surface area contributed by atoms with Gasteiger partial charge in [0.05, 0.1) is 37.2 Å². The molecule has 1 unspecified atom stereocenters. The summed E-state index contributed by atoms with van der Waals surface area (Å²) in [6.45, 7) is 6.63. The molecule has 2 aromatic carbocycles. The maximum absolute atomic E-state index is 12.1. The summed E-state index contributed by atoms with van der Waals surface area (Å²) < 4.78 is 40.4. The molecule has 0 aliphatic rings. The quantitative estimate of drug-likeness (QED) is 0.362. The molecule has 1 N–H and O–H groups in total. The Balaban J connectivity index is 1.66. The van der Waals surface area contributed by atoms with E-state index in [1.807, 2.05) is 20.8 Å². The molecule has 170 valence electrons. The lowest BCUT2D eigenvalue weighted by molar-refractivity contribution is -0.117. The average molecular weight is 450 g/mol. The Kier molecular flexibility index (Phi) is 9.97. The van der Waals surface area contributed by atoms with E-state index in [4.69, 9.17) is 13.7 Å². The van der Waals surface area contributed by atoms with Gasteiger partial charge in [0.15, 0.2) is 0 Å². The zero-order valence-corrected chi connectivity index (χ0v) is 19.1. The second kappa shape index (κ2) is 12.4. The van der Waals surface area contributed by atoms with Crippen LogP contribution >= 0.6 is 0 Å². The highest BCUT2D eigenvalue weighted by Gasteiger charge is 2.14. The SMILES string of the molecule is CCC(C)OCCC(=O)Nc1ccc(OCCCOS(=O)(=O)c2ccc(C)cc2)cc1. The molecule has 0 spiro atoms. The predicted molar refractivity (Wildman–Crippen MR) is 120 cm³/mol. The van der Waals surface area contributed by atoms with Crippen LogP contribution in [0.3, 0.4) is 0 Å². The minimum Gasteiger partial charge on any atom is -0.494 e. The van der Waals surface area contributed by atoms with Crippen LogP contribution in [0.15, 0.2) is 53.4 Å². The van der Waals surface area contributed by atoms with Crippen molar-refractivity contribution in [3.05, 3.63) is 54.1 Å². The van der Waals surface area contributed by atoms with E-state index >= 15 is 0 Å². The molecule has 8 heteroatoms. The fourth-order valence-corrected chi connectivity index (χ4v) is 3.46. The van der Waals surface area contributed by atoms with Gasteiger partial charge in [0.2, 0.25) is 5.91 Å². The summed E-state index contributed by atoms with van der Waals surface area (Å²) in [5.41, 5.74) is 1.65. The first-order chi connectivity index (χ1) is 14.8. The van der Waals surface area contributed by atoms with Crippen LogP contribution < -0.4 is 10.1 Å². The second-order valence-electron chi connectivity index (χ2n) is 7.20. The standard InChI is InChI=1S/C23H31NO6S/c1-4-19(3)28-17-14-23(25)24-20-8-10-21(11-9-20)29-15-5-16-30-31(26,27)22-12-6-18(2)7-13-22/h6-13,19H,4-5,14-17H2,1-3H3,(H,24,25). The lowest BCUT2D eigenvalue weighted by Crippen LogP contribution is -2.16. The van der Waals surface area contributed by atoms with E-state index in [0.717, 1.165) is 12.0 Å². The normalized spacial score (nSPS) is 12.4. The van der Waals surface area contributed by atoms with Crippen molar-refractivity contribution in [3.8, 4) is 5.75 Å². The molecule has 0 saturated carbocycles. The zero-order chi connectivity index (χ0) is 22.7. The summed E-state index contributed by atoms with van der Waals surface area (Å²) in [6, 6.07) is 13.5. The number of hydrogen-bond acceptors (Lipinski definition) is 6. The van der Waals surface area contributed by atoms with E-state index in [1.165, 1.54) is 12.1 Å². The van der Waals surface area contributed by atoms with E-state index < -0.39 is 10.1 Å². The first-order valence-corrected chi connectivity index (χ1v) is 11.8. The predicted octanol–water partition coefficient (Wildman–Crippen LogP) is 4.31. The summed E-state index contributed by atoms with van der Waals surface area (Å²) in [5, 5.41) is 2.81. The highest BCUT2D eigenvalue weighted by Crippen LogP contribution is 2.17. The van der Waals surface area contributed by atoms with Crippen molar-refractivity contribution in [1.29, 1.82) is 0 Å². The first kappa shape index (κ1) is 24.8. The molecular formula is C23H31NO6S. The van der Waals surface area contributed by atoms with Crippen LogP contribution in [0.5, 0.6) is 5.75 Å². The van der Waals surface area contributed by atoms with Crippen LogP contribution in [0, 0.1) is 6.92 Å². The molecule has 0 aliphatic heterocycles. The van der Waals surface area contributed by atoms with E-state index in [0.29, 0.717) is 37.5 Å². The van der Waals surface area contributed by atoms with Crippen molar-refractivity contribution in [2.45, 2.75) is 51.0 Å². The van der Waals surface area contributed by atoms with Gasteiger partial charge in [0, 0.05) is 12.1 Å². The topological polar surface area (TPSA) is 90.9 Å². The number of nitrogens with one attached hydrogen (secondary N) is 1. The highest BCUT2D eigenvalue weighted by molar-refractivity contribution is 7.86. The zero-order valence-electron chi connectivity index (χ0n) is 18.3. The fraction of sp³-hybridized carbons (Fsp3) is 0.435. The minimum absolute atomic E-state index is 0.0308. The summed E-state index contributed by atoms with van der Waals surface area (Å²) >= 11 is 0. The highest BCUT2D eigenvalue weighted by atomic mass is 32.2. The second-order valence-corrected chi connectivity index (χ2v) is 8.82. The minimum atomic E-state index is -3.76. The van der Waals surface area contributed by atoms with Crippen molar-refractivity contribution in [3.63, 3.8) is 0 Å². The number of hydrogen-bond donors (Lipinski definition) is 1. The Bertz CT molecular complexity index is 910. The van der Waals surface area contributed by atoms with E-state index in [2.05, 4.69) is 5.32 Å². The van der Waals surface area contributed by atoms with Gasteiger partial charge in [-0.3, -0.25) is 8.98 Å². The van der Waals surface area contributed by atoms with Gasteiger partial charge in [-0.25, -0.2) is 0 Å². The maximum atomic E-state index is 12.1. The van der Waals surface area contributed by atoms with Crippen molar-refractivity contribution in [1.82, 2.24) is 0 Å². The number of anilines is 1. The van der Waals surface area contributed by atoms with Crippen LogP contribution in [-0.4, -0.2) is 40.2 Å². The third-order valence-corrected chi connectivity index (χ3v) is 5.88. The smallest absolute Gasteiger partial charge is 0.296 e. The van der Waals surface area contributed by atoms with E-state index in [1.54, 1.807) is 36.4 Å². The van der Waals surface area contributed by atoms with Crippen molar-refractivity contribution in [2.75, 3.05) is 25.1 Å². The van der Waals surface area contributed by atoms with Crippen LogP contribution in [0.2, 0.25) is 0 Å². The van der Waals surface area contributed by atoms with Crippen molar-refractivity contribution >= 4 is 21.7 Å². The van der Waals surface area contributed by atoms with Gasteiger partial charge in [-0.1, -0.05) is 24.6 Å². The number of amides is 1. The Morgan fingerprint density at radius 1 is 1.00 bits per heavy atom. The van der Waals surface area contributed by atoms with Gasteiger partial charge in [-0.15, -0.1) is 0 Å². The lowest BCUT2D eigenvalue weighted by Gasteiger charge is -2.11. The molecule has 31 heavy (non-hydrogen) atoms. The van der Waals surface area contributed by atoms with Gasteiger partial charge >= 0.3 is 0 Å². The van der Waals surface area contributed by atoms with Gasteiger partial charge in [-0.05, 0) is 56.7 Å². The fourth-order valence-electron chi connectivity index (χ4n) is 2.52. The molecule has 0 bridgehead atoms. The third kappa shape index (κ3) is 9.08. The number of aryl methyl sites for hydroxylation is 1.